The van der Waals surface area contributed by atoms with E-state index in [1.54, 1.807) is 88.4 Å². The van der Waals surface area contributed by atoms with Crippen LogP contribution < -0.4 is 5.09 Å². The molecule has 0 fully saturated rings. The number of carbonyl (C=O) groups is 3. The van der Waals surface area contributed by atoms with Gasteiger partial charge in [-0.25, -0.2) is 28.0 Å². The number of nitrogens with zero attached hydrogens (tertiary/aromatic N) is 1. The van der Waals surface area contributed by atoms with Gasteiger partial charge in [0.15, 0.2) is 0 Å². The zero-order valence-corrected chi connectivity index (χ0v) is 26.5. The third-order valence-corrected chi connectivity index (χ3v) is 8.00. The maximum absolute atomic E-state index is 15.0. The summed E-state index contributed by atoms with van der Waals surface area (Å²) < 4.78 is 48.4. The van der Waals surface area contributed by atoms with E-state index < -0.39 is 49.6 Å². The molecule has 0 aliphatic carbocycles. The topological polar surface area (TPSA) is 183 Å². The molecule has 0 aromatic heterocycles. The van der Waals surface area contributed by atoms with Gasteiger partial charge in [-0.3, -0.25) is 10.5 Å². The second kappa shape index (κ2) is 16.1. The van der Waals surface area contributed by atoms with Crippen LogP contribution in [-0.4, -0.2) is 60.5 Å². The third kappa shape index (κ3) is 9.18. The van der Waals surface area contributed by atoms with Gasteiger partial charge in [0, 0.05) is 31.0 Å². The number of carboxylic acid groups (broad SMARTS) is 1. The molecule has 0 amide bonds. The minimum Gasteiger partial charge on any atom is -0.480 e. The van der Waals surface area contributed by atoms with E-state index in [2.05, 4.69) is 5.09 Å². The lowest BCUT2D eigenvalue weighted by Gasteiger charge is -2.40. The lowest BCUT2D eigenvalue weighted by atomic mass is 10.0. The number of likely N-dealkylation sites (N-methyl/N-ethyl adjacent to an activating group) is 1. The first kappa shape index (κ1) is 36.1. The van der Waals surface area contributed by atoms with Crippen LogP contribution in [0.1, 0.15) is 58.6 Å². The van der Waals surface area contributed by atoms with Crippen LogP contribution in [0, 0.1) is 5.41 Å². The summed E-state index contributed by atoms with van der Waals surface area (Å²) in [6, 6.07) is 14.9. The van der Waals surface area contributed by atoms with Crippen molar-refractivity contribution in [2.45, 2.75) is 65.1 Å². The molecule has 0 heterocycles. The summed E-state index contributed by atoms with van der Waals surface area (Å²) in [6.45, 7) is 7.53. The Morgan fingerprint density at radius 3 is 1.55 bits per heavy atom. The molecule has 15 heteroatoms. The molecule has 2 aromatic rings. The lowest BCUT2D eigenvalue weighted by Crippen LogP contribution is -2.47. The Morgan fingerprint density at radius 1 is 0.841 bits per heavy atom. The van der Waals surface area contributed by atoms with E-state index in [0.717, 1.165) is 4.90 Å². The monoisotopic (exact) mass is 637 g/mol. The number of hydrogen-bond donors (Lipinski definition) is 3. The van der Waals surface area contributed by atoms with Crippen LogP contribution in [0.15, 0.2) is 60.7 Å². The van der Waals surface area contributed by atoms with Crippen molar-refractivity contribution in [3.05, 3.63) is 71.8 Å². The standard InChI is InChI=1S/C29H40N3O11P/c1-7-28(40-26(35)38-9-3,22-17-13-11-14-18-22)42-44(37,31-25(30)32(6)21(5)24(33)34)43-29(8-2,41-27(36)39-10-4)23-19-15-12-16-20-23/h11-21H,7-10H2,1-6H3,(H,33,34)(H2,30,31,37). The second-order valence-electron chi connectivity index (χ2n) is 9.28. The van der Waals surface area contributed by atoms with Crippen LogP contribution in [0.3, 0.4) is 0 Å². The van der Waals surface area contributed by atoms with Crippen LogP contribution in [-0.2, 0) is 48.9 Å². The summed E-state index contributed by atoms with van der Waals surface area (Å²) in [4.78, 5) is 38.0. The number of ether oxygens (including phenoxy) is 4. The van der Waals surface area contributed by atoms with Crippen molar-refractivity contribution in [3.8, 4) is 0 Å². The molecule has 3 N–H and O–H groups in total. The van der Waals surface area contributed by atoms with E-state index in [-0.39, 0.29) is 37.2 Å². The van der Waals surface area contributed by atoms with Crippen LogP contribution in [0.2, 0.25) is 0 Å². The highest BCUT2D eigenvalue weighted by Crippen LogP contribution is 2.57. The van der Waals surface area contributed by atoms with Gasteiger partial charge < -0.3 is 29.0 Å². The van der Waals surface area contributed by atoms with Crippen molar-refractivity contribution in [1.82, 2.24) is 9.99 Å². The first-order valence-electron chi connectivity index (χ1n) is 14.0. The van der Waals surface area contributed by atoms with Gasteiger partial charge in [-0.2, -0.15) is 0 Å². The van der Waals surface area contributed by atoms with E-state index >= 15 is 0 Å². The molecule has 0 bridgehead atoms. The Balaban J connectivity index is 2.79. The third-order valence-electron chi connectivity index (χ3n) is 6.45. The largest absolute Gasteiger partial charge is 0.511 e. The number of hydrogen-bond acceptors (Lipinski definition) is 11. The maximum Gasteiger partial charge on any atom is 0.511 e. The van der Waals surface area contributed by atoms with E-state index in [1.165, 1.54) is 14.0 Å². The fourth-order valence-corrected chi connectivity index (χ4v) is 5.78. The van der Waals surface area contributed by atoms with E-state index in [4.69, 9.17) is 33.4 Å². The van der Waals surface area contributed by atoms with E-state index in [0.29, 0.717) is 0 Å². The van der Waals surface area contributed by atoms with Gasteiger partial charge >= 0.3 is 26.0 Å². The van der Waals surface area contributed by atoms with Crippen molar-refractivity contribution >= 4 is 32.0 Å². The highest BCUT2D eigenvalue weighted by atomic mass is 31.2. The summed E-state index contributed by atoms with van der Waals surface area (Å²) in [7, 11) is -3.76. The smallest absolute Gasteiger partial charge is 0.480 e. The molecule has 2 rings (SSSR count). The Kier molecular flexibility index (Phi) is 13.2. The van der Waals surface area contributed by atoms with Crippen molar-refractivity contribution < 1.29 is 52.1 Å². The number of nitrogens with one attached hydrogen (secondary N) is 2. The summed E-state index contributed by atoms with van der Waals surface area (Å²) in [5, 5.41) is 20.4. The Bertz CT molecular complexity index is 1240. The Hall–Kier alpha value is -4.13. The minimum absolute atomic E-state index is 0.0390. The molecule has 44 heavy (non-hydrogen) atoms. The van der Waals surface area contributed by atoms with Crippen molar-refractivity contribution in [2.75, 3.05) is 20.3 Å². The molecule has 242 valence electrons. The molecular formula is C29H40N3O11P. The Morgan fingerprint density at radius 2 is 1.23 bits per heavy atom. The highest BCUT2D eigenvalue weighted by molar-refractivity contribution is 7.52. The molecule has 3 unspecified atom stereocenters. The summed E-state index contributed by atoms with van der Waals surface area (Å²) in [6.07, 6.45) is -2.57. The normalized spacial score (nSPS) is 15.7. The van der Waals surface area contributed by atoms with Crippen LogP contribution in [0.4, 0.5) is 9.59 Å². The van der Waals surface area contributed by atoms with Gasteiger partial charge in [-0.1, -0.05) is 74.5 Å². The van der Waals surface area contributed by atoms with E-state index in [9.17, 15) is 24.1 Å². The molecule has 0 aliphatic heterocycles. The Labute approximate surface area is 256 Å². The van der Waals surface area contributed by atoms with Crippen LogP contribution in [0.5, 0.6) is 0 Å². The van der Waals surface area contributed by atoms with Crippen LogP contribution in [0.25, 0.3) is 0 Å². The van der Waals surface area contributed by atoms with Gasteiger partial charge in [-0.15, -0.1) is 0 Å². The molecule has 0 saturated heterocycles. The molecule has 0 spiro atoms. The molecule has 14 nitrogen and oxygen atoms in total. The molecule has 3 atom stereocenters. The van der Waals surface area contributed by atoms with Gasteiger partial charge in [0.25, 0.3) is 11.6 Å². The number of benzene rings is 2. The number of aliphatic carboxylic acids is 1. The van der Waals surface area contributed by atoms with Gasteiger partial charge in [0.2, 0.25) is 5.96 Å². The molecule has 2 aromatic carbocycles. The van der Waals surface area contributed by atoms with Gasteiger partial charge in [0.05, 0.1) is 13.2 Å². The molecule has 0 saturated carbocycles. The maximum atomic E-state index is 15.0. The van der Waals surface area contributed by atoms with Crippen molar-refractivity contribution in [1.29, 1.82) is 5.41 Å². The van der Waals surface area contributed by atoms with E-state index in [1.807, 2.05) is 0 Å². The van der Waals surface area contributed by atoms with Crippen LogP contribution >= 0.6 is 7.75 Å². The number of rotatable bonds is 15. The molecule has 0 radical (unpaired) electrons. The lowest BCUT2D eigenvalue weighted by molar-refractivity contribution is -0.203. The summed E-state index contributed by atoms with van der Waals surface area (Å²) in [5.41, 5.74) is 0.459. The predicted molar refractivity (Wildman–Crippen MR) is 159 cm³/mol. The summed E-state index contributed by atoms with van der Waals surface area (Å²) >= 11 is 0. The van der Waals surface area contributed by atoms with Crippen molar-refractivity contribution in [2.24, 2.45) is 0 Å². The fraction of sp³-hybridized carbons (Fsp3) is 0.448. The molecule has 0 aliphatic rings. The van der Waals surface area contributed by atoms with Gasteiger partial charge in [0.1, 0.15) is 6.04 Å². The predicted octanol–water partition coefficient (Wildman–Crippen LogP) is 5.93. The zero-order chi connectivity index (χ0) is 33.0. The number of carboxylic acids is 1. The second-order valence-corrected chi connectivity index (χ2v) is 10.9. The molecular weight excluding hydrogens is 597 g/mol. The quantitative estimate of drug-likeness (QED) is 0.0687. The SMILES string of the molecule is CCOC(=O)OC(CC)(OP(=O)(NC(=N)N(C)C(C)C(=O)O)OC(CC)(OC(=O)OCC)c1ccccc1)c1ccccc1. The average Bonchev–Trinajstić information content (AvgIpc) is 3.00. The first-order chi connectivity index (χ1) is 20.8. The number of guanidine groups is 1. The van der Waals surface area contributed by atoms with Gasteiger partial charge in [-0.05, 0) is 20.8 Å². The zero-order valence-electron chi connectivity index (χ0n) is 25.6. The average molecular weight is 638 g/mol. The summed E-state index contributed by atoms with van der Waals surface area (Å²) in [5.74, 6) is -6.22. The minimum atomic E-state index is -5.03. The van der Waals surface area contributed by atoms with Crippen molar-refractivity contribution in [3.63, 3.8) is 0 Å². The first-order valence-corrected chi connectivity index (χ1v) is 15.5. The number of carbonyl (C=O) groups excluding carboxylic acids is 2. The fourth-order valence-electron chi connectivity index (χ4n) is 3.91. The highest BCUT2D eigenvalue weighted by Gasteiger charge is 2.51.